The van der Waals surface area contributed by atoms with Crippen molar-refractivity contribution in [3.05, 3.63) is 509 Å². The molecular formula is C132H83FN6O6. The molecule has 145 heavy (non-hydrogen) atoms. The lowest BCUT2D eigenvalue weighted by Crippen LogP contribution is -2.09. The molecule has 30 aromatic rings. The SMILES string of the molecule is Fc1ccc(-n2c3ccccc3c3cc(N(c4ccc(-c5ccccc5)cc4)c4ccc5c(c4)oc4c6ccccc6oc54)ccc32)cc1.c1ccc(-c2ccc(N(c3ccc4c(c3)oc3c5ccccc5oc43)c3ccc4c(c3)c3ccccc3n4-c3ccccc3)cc2)cc1.c1ccc(N(c2ccc(-c3ccc4c(c3)c3ccccc3n4-c3ccccc3)cc2)c2ccc3c(c2)oc2c4ccccc4oc32)cc1. The summed E-state index contributed by atoms with van der Waals surface area (Å²) < 4.78 is 58.9. The van der Waals surface area contributed by atoms with Crippen molar-refractivity contribution < 1.29 is 30.9 Å². The Bertz CT molecular complexity index is 10200. The first-order valence-corrected chi connectivity index (χ1v) is 48.6. The summed E-state index contributed by atoms with van der Waals surface area (Å²) in [5, 5.41) is 12.9. The van der Waals surface area contributed by atoms with Gasteiger partial charge >= 0.3 is 0 Å². The Balaban J connectivity index is 0.000000106. The first-order chi connectivity index (χ1) is 71.8. The summed E-state index contributed by atoms with van der Waals surface area (Å²) in [5.41, 5.74) is 35.9. The molecule has 9 heterocycles. The number of furan rings is 6. The van der Waals surface area contributed by atoms with Gasteiger partial charge in [-0.15, -0.1) is 0 Å². The predicted molar refractivity (Wildman–Crippen MR) is 594 cm³/mol. The van der Waals surface area contributed by atoms with E-state index in [0.717, 1.165) is 195 Å². The van der Waals surface area contributed by atoms with Crippen LogP contribution in [0.4, 0.5) is 55.6 Å². The topological polar surface area (TPSA) is 103 Å². The fourth-order valence-electron chi connectivity index (χ4n) is 21.5. The second-order valence-electron chi connectivity index (χ2n) is 36.7. The van der Waals surface area contributed by atoms with Crippen molar-refractivity contribution in [3.8, 4) is 50.4 Å². The standard InChI is InChI=1S/C44H27FN2O2.2C44H28N2O2/c45-30-16-20-32(21-17-30)47-39-12-6-4-10-35(39)38-26-33(23-25-40(38)47)46(31-18-14-29(15-19-31)28-8-2-1-3-9-28)34-22-24-37-42(27-34)49-43-36-11-5-7-13-41(36)48-44(37)43;1-3-11-31(12-4-1)45(34-24-25-37-42(28-34)48-43-36-16-8-10-18-41(36)47-44(37)43)33-22-19-29(20-23-33)30-21-26-40-38(27-30)35-15-7-9-17-39(35)46(40)32-13-5-2-6-14-32;1-3-11-29(12-4-1)30-19-21-32(22-20-30)45(34-23-25-37-42(28-34)48-43-36-16-8-10-18-41(36)47-44(37)43)33-24-26-40-38(27-33)35-15-7-9-17-39(35)46(40)31-13-5-2-6-14-31/h1-27H;2*1-28H. The smallest absolute Gasteiger partial charge is 0.181 e. The zero-order valence-electron chi connectivity index (χ0n) is 77.9. The van der Waals surface area contributed by atoms with E-state index in [1.807, 2.05) is 103 Å². The molecule has 13 heteroatoms. The van der Waals surface area contributed by atoms with E-state index in [9.17, 15) is 4.39 Å². The average molecular weight is 1870 g/mol. The largest absolute Gasteiger partial charge is 0.452 e. The Morgan fingerprint density at radius 1 is 0.145 bits per heavy atom. The van der Waals surface area contributed by atoms with Gasteiger partial charge in [0.25, 0.3) is 0 Å². The minimum absolute atomic E-state index is 0.254. The summed E-state index contributed by atoms with van der Waals surface area (Å²) in [6.45, 7) is 0. The summed E-state index contributed by atoms with van der Waals surface area (Å²) >= 11 is 0. The van der Waals surface area contributed by atoms with Crippen molar-refractivity contribution in [2.45, 2.75) is 0 Å². The number of hydrogen-bond donors (Lipinski definition) is 0. The molecule has 0 spiro atoms. The molecule has 9 aromatic heterocycles. The van der Waals surface area contributed by atoms with Gasteiger partial charge in [-0.05, 0) is 270 Å². The first kappa shape index (κ1) is 83.5. The number of para-hydroxylation sites is 9. The molecule has 21 aromatic carbocycles. The maximum Gasteiger partial charge on any atom is 0.181 e. The summed E-state index contributed by atoms with van der Waals surface area (Å²) in [5.74, 6) is -0.254. The lowest BCUT2D eigenvalue weighted by atomic mass is 10.0. The van der Waals surface area contributed by atoms with Gasteiger partial charge in [0, 0.05) is 119 Å². The molecule has 0 fully saturated rings. The van der Waals surface area contributed by atoms with Crippen molar-refractivity contribution in [1.82, 2.24) is 13.7 Å². The van der Waals surface area contributed by atoms with Gasteiger partial charge in [-0.2, -0.15) is 0 Å². The second kappa shape index (κ2) is 34.5. The van der Waals surface area contributed by atoms with Crippen LogP contribution in [0.1, 0.15) is 0 Å². The lowest BCUT2D eigenvalue weighted by molar-refractivity contribution is 0.627. The monoisotopic (exact) mass is 1870 g/mol. The molecule has 0 saturated carbocycles. The molecule has 684 valence electrons. The molecular weight excluding hydrogens is 1780 g/mol. The van der Waals surface area contributed by atoms with Crippen molar-refractivity contribution in [1.29, 1.82) is 0 Å². The van der Waals surface area contributed by atoms with Gasteiger partial charge in [0.05, 0.1) is 65.4 Å². The molecule has 0 aliphatic rings. The zero-order chi connectivity index (χ0) is 95.7. The molecule has 0 amide bonds. The highest BCUT2D eigenvalue weighted by molar-refractivity contribution is 6.18. The quantitative estimate of drug-likeness (QED) is 0.0993. The van der Waals surface area contributed by atoms with Crippen LogP contribution >= 0.6 is 0 Å². The van der Waals surface area contributed by atoms with Crippen LogP contribution < -0.4 is 14.7 Å². The van der Waals surface area contributed by atoms with Crippen molar-refractivity contribution in [2.75, 3.05) is 14.7 Å². The number of fused-ring (bicyclic) bond motifs is 24. The summed E-state index contributed by atoms with van der Waals surface area (Å²) in [7, 11) is 0. The van der Waals surface area contributed by atoms with E-state index in [-0.39, 0.29) is 5.82 Å². The second-order valence-corrected chi connectivity index (χ2v) is 36.7. The highest BCUT2D eigenvalue weighted by Gasteiger charge is 2.27. The number of benzene rings is 21. The maximum atomic E-state index is 13.9. The third-order valence-corrected chi connectivity index (χ3v) is 28.2. The molecule has 0 unspecified atom stereocenters. The molecule has 12 nitrogen and oxygen atoms in total. The van der Waals surface area contributed by atoms with E-state index in [2.05, 4.69) is 417 Å². The van der Waals surface area contributed by atoms with Gasteiger partial charge in [-0.25, -0.2) is 4.39 Å². The maximum absolute atomic E-state index is 13.9. The highest BCUT2D eigenvalue weighted by Crippen LogP contribution is 2.50. The minimum Gasteiger partial charge on any atom is -0.452 e. The van der Waals surface area contributed by atoms with E-state index in [1.54, 1.807) is 0 Å². The van der Waals surface area contributed by atoms with E-state index < -0.39 is 0 Å². The molecule has 0 aliphatic heterocycles. The third-order valence-electron chi connectivity index (χ3n) is 28.2. The number of aromatic nitrogens is 3. The van der Waals surface area contributed by atoms with Gasteiger partial charge in [0.1, 0.15) is 39.3 Å². The Hall–Kier alpha value is -19.6. The van der Waals surface area contributed by atoms with Crippen molar-refractivity contribution in [2.24, 2.45) is 0 Å². The number of rotatable bonds is 15. The number of halogens is 1. The van der Waals surface area contributed by atoms with Gasteiger partial charge in [-0.3, -0.25) is 0 Å². The van der Waals surface area contributed by atoms with Gasteiger partial charge in [0.2, 0.25) is 0 Å². The molecule has 0 radical (unpaired) electrons. The normalized spacial score (nSPS) is 11.8. The van der Waals surface area contributed by atoms with Crippen LogP contribution in [0.2, 0.25) is 0 Å². The van der Waals surface area contributed by atoms with Gasteiger partial charge in [0.15, 0.2) is 33.5 Å². The Kier molecular flexibility index (Phi) is 19.9. The molecule has 0 saturated heterocycles. The van der Waals surface area contributed by atoms with Crippen LogP contribution in [0, 0.1) is 5.82 Å². The molecule has 0 aliphatic carbocycles. The fraction of sp³-hybridized carbons (Fsp3) is 0. The first-order valence-electron chi connectivity index (χ1n) is 48.6. The van der Waals surface area contributed by atoms with Crippen LogP contribution in [0.25, 0.3) is 215 Å². The third kappa shape index (κ3) is 14.3. The van der Waals surface area contributed by atoms with Crippen LogP contribution in [-0.2, 0) is 0 Å². The van der Waals surface area contributed by atoms with E-state index in [1.165, 1.54) is 83.6 Å². The Labute approximate surface area is 829 Å². The van der Waals surface area contributed by atoms with Crippen LogP contribution in [0.15, 0.2) is 530 Å². The van der Waals surface area contributed by atoms with Crippen molar-refractivity contribution in [3.63, 3.8) is 0 Å². The predicted octanol–water partition coefficient (Wildman–Crippen LogP) is 37.8. The summed E-state index contributed by atoms with van der Waals surface area (Å²) in [6, 6.07) is 174. The van der Waals surface area contributed by atoms with Crippen molar-refractivity contribution >= 4 is 216 Å². The number of nitrogens with zero attached hydrogens (tertiary/aromatic N) is 6. The van der Waals surface area contributed by atoms with Crippen LogP contribution in [0.3, 0.4) is 0 Å². The average Bonchev–Trinajstić information content (AvgIpc) is 1.60. The van der Waals surface area contributed by atoms with E-state index >= 15 is 0 Å². The van der Waals surface area contributed by atoms with Crippen LogP contribution in [0.5, 0.6) is 0 Å². The highest BCUT2D eigenvalue weighted by atomic mass is 19.1. The van der Waals surface area contributed by atoms with Gasteiger partial charge in [-0.1, -0.05) is 249 Å². The number of anilines is 9. The fourth-order valence-corrected chi connectivity index (χ4v) is 21.5. The van der Waals surface area contributed by atoms with Gasteiger partial charge < -0.3 is 54.9 Å². The Morgan fingerprint density at radius 2 is 0.372 bits per heavy atom. The van der Waals surface area contributed by atoms with E-state index in [4.69, 9.17) is 26.5 Å². The molecule has 30 rings (SSSR count). The van der Waals surface area contributed by atoms with Crippen LogP contribution in [-0.4, -0.2) is 13.7 Å². The summed E-state index contributed by atoms with van der Waals surface area (Å²) in [6.07, 6.45) is 0. The Morgan fingerprint density at radius 3 is 0.738 bits per heavy atom. The van der Waals surface area contributed by atoms with E-state index in [0.29, 0.717) is 0 Å². The molecule has 0 atom stereocenters. The number of hydrogen-bond acceptors (Lipinski definition) is 9. The molecule has 0 bridgehead atoms. The summed E-state index contributed by atoms with van der Waals surface area (Å²) in [4.78, 5) is 6.84. The lowest BCUT2D eigenvalue weighted by Gasteiger charge is -2.26. The minimum atomic E-state index is -0.254. The zero-order valence-corrected chi connectivity index (χ0v) is 77.9. The molecule has 0 N–H and O–H groups in total.